The number of rotatable bonds is 1. The molecular weight excluding hydrogens is 255 g/mol. The van der Waals surface area contributed by atoms with Crippen molar-refractivity contribution in [3.63, 3.8) is 0 Å². The molecule has 0 atom stereocenters. The second kappa shape index (κ2) is 4.28. The number of fused-ring (bicyclic) bond motifs is 1. The van der Waals surface area contributed by atoms with Gasteiger partial charge in [-0.3, -0.25) is 0 Å². The summed E-state index contributed by atoms with van der Waals surface area (Å²) < 4.78 is 0. The lowest BCUT2D eigenvalue weighted by Crippen LogP contribution is -1.97. The highest BCUT2D eigenvalue weighted by atomic mass is 35.5. The van der Waals surface area contributed by atoms with Crippen LogP contribution in [0.3, 0.4) is 0 Å². The van der Waals surface area contributed by atoms with Crippen molar-refractivity contribution in [1.82, 2.24) is 9.97 Å². The second-order valence-electron chi connectivity index (χ2n) is 4.12. The maximum Gasteiger partial charge on any atom is 0.161 e. The summed E-state index contributed by atoms with van der Waals surface area (Å²) in [6.45, 7) is 0. The summed E-state index contributed by atoms with van der Waals surface area (Å²) in [5, 5.41) is 1.30. The number of nitrogens with zero attached hydrogens (tertiary/aromatic N) is 2. The van der Waals surface area contributed by atoms with Gasteiger partial charge in [0, 0.05) is 21.8 Å². The highest BCUT2D eigenvalue weighted by Crippen LogP contribution is 2.29. The van der Waals surface area contributed by atoms with Crippen molar-refractivity contribution in [1.29, 1.82) is 0 Å². The molecule has 1 aliphatic carbocycles. The summed E-state index contributed by atoms with van der Waals surface area (Å²) in [5.41, 5.74) is 3.16. The van der Waals surface area contributed by atoms with Crippen LogP contribution in [0.25, 0.3) is 11.4 Å². The van der Waals surface area contributed by atoms with Crippen molar-refractivity contribution < 1.29 is 0 Å². The first kappa shape index (κ1) is 11.0. The molecule has 0 fully saturated rings. The molecule has 0 amide bonds. The van der Waals surface area contributed by atoms with Crippen LogP contribution in [-0.4, -0.2) is 9.97 Å². The third-order valence-electron chi connectivity index (χ3n) is 2.99. The van der Waals surface area contributed by atoms with Gasteiger partial charge in [0.2, 0.25) is 0 Å². The van der Waals surface area contributed by atoms with Gasteiger partial charge in [0.25, 0.3) is 0 Å². The number of hydrogen-bond donors (Lipinski definition) is 0. The fourth-order valence-corrected chi connectivity index (χ4v) is 2.52. The number of halogens is 2. The SMILES string of the molecule is Clc1ccc(-c2nc(Cl)c3c(n2)CCC3)cc1. The average Bonchev–Trinajstić information content (AvgIpc) is 2.78. The van der Waals surface area contributed by atoms with Gasteiger partial charge in [-0.15, -0.1) is 0 Å². The molecule has 86 valence electrons. The minimum atomic E-state index is 0.595. The first-order valence-electron chi connectivity index (χ1n) is 5.55. The third kappa shape index (κ3) is 2.03. The Hall–Kier alpha value is -1.12. The first-order chi connectivity index (χ1) is 8.24. The zero-order chi connectivity index (χ0) is 11.8. The van der Waals surface area contributed by atoms with Gasteiger partial charge < -0.3 is 0 Å². The summed E-state index contributed by atoms with van der Waals surface area (Å²) in [6, 6.07) is 7.49. The molecule has 1 aromatic carbocycles. The molecule has 0 radical (unpaired) electrons. The molecule has 0 unspecified atom stereocenters. The highest BCUT2D eigenvalue weighted by molar-refractivity contribution is 6.30. The number of hydrogen-bond acceptors (Lipinski definition) is 2. The molecule has 1 heterocycles. The summed E-state index contributed by atoms with van der Waals surface area (Å²) in [4.78, 5) is 8.93. The minimum absolute atomic E-state index is 0.595. The maximum atomic E-state index is 6.18. The van der Waals surface area contributed by atoms with Gasteiger partial charge in [-0.05, 0) is 43.5 Å². The molecule has 0 saturated heterocycles. The van der Waals surface area contributed by atoms with Crippen LogP contribution >= 0.6 is 23.2 Å². The molecule has 2 nitrogen and oxygen atoms in total. The monoisotopic (exact) mass is 264 g/mol. The molecule has 1 aliphatic rings. The quantitative estimate of drug-likeness (QED) is 0.730. The van der Waals surface area contributed by atoms with Crippen LogP contribution in [0.1, 0.15) is 17.7 Å². The van der Waals surface area contributed by atoms with Gasteiger partial charge >= 0.3 is 0 Å². The zero-order valence-corrected chi connectivity index (χ0v) is 10.6. The third-order valence-corrected chi connectivity index (χ3v) is 3.55. The molecule has 2 aromatic rings. The maximum absolute atomic E-state index is 6.18. The van der Waals surface area contributed by atoms with E-state index in [9.17, 15) is 0 Å². The van der Waals surface area contributed by atoms with Crippen LogP contribution in [0.5, 0.6) is 0 Å². The van der Waals surface area contributed by atoms with E-state index in [2.05, 4.69) is 9.97 Å². The molecule has 0 saturated carbocycles. The van der Waals surface area contributed by atoms with E-state index < -0.39 is 0 Å². The lowest BCUT2D eigenvalue weighted by Gasteiger charge is -2.05. The summed E-state index contributed by atoms with van der Waals surface area (Å²) in [7, 11) is 0. The Morgan fingerprint density at radius 2 is 1.71 bits per heavy atom. The van der Waals surface area contributed by atoms with Crippen molar-refractivity contribution in [2.24, 2.45) is 0 Å². The Bertz CT molecular complexity index is 564. The molecule has 3 rings (SSSR count). The van der Waals surface area contributed by atoms with E-state index in [0.717, 1.165) is 36.1 Å². The van der Waals surface area contributed by atoms with Crippen LogP contribution in [-0.2, 0) is 12.8 Å². The van der Waals surface area contributed by atoms with E-state index in [4.69, 9.17) is 23.2 Å². The standard InChI is InChI=1S/C13H10Cl2N2/c14-9-6-4-8(5-7-9)13-16-11-3-1-2-10(11)12(15)17-13/h4-7H,1-3H2. The van der Waals surface area contributed by atoms with Crippen molar-refractivity contribution in [2.75, 3.05) is 0 Å². The topological polar surface area (TPSA) is 25.8 Å². The van der Waals surface area contributed by atoms with Crippen molar-refractivity contribution >= 4 is 23.2 Å². The smallest absolute Gasteiger partial charge is 0.161 e. The van der Waals surface area contributed by atoms with E-state index in [1.807, 2.05) is 24.3 Å². The van der Waals surface area contributed by atoms with E-state index in [1.54, 1.807) is 0 Å². The Morgan fingerprint density at radius 1 is 0.941 bits per heavy atom. The fraction of sp³-hybridized carbons (Fsp3) is 0.231. The van der Waals surface area contributed by atoms with E-state index in [1.165, 1.54) is 0 Å². The number of aryl methyl sites for hydroxylation is 1. The summed E-state index contributed by atoms with van der Waals surface area (Å²) in [6.07, 6.45) is 3.11. The molecule has 1 aromatic heterocycles. The molecule has 4 heteroatoms. The van der Waals surface area contributed by atoms with Crippen molar-refractivity contribution in [2.45, 2.75) is 19.3 Å². The Labute approximate surface area is 110 Å². The van der Waals surface area contributed by atoms with Gasteiger partial charge in [-0.1, -0.05) is 23.2 Å². The Balaban J connectivity index is 2.10. The van der Waals surface area contributed by atoms with Gasteiger partial charge in [0.05, 0.1) is 0 Å². The van der Waals surface area contributed by atoms with Crippen LogP contribution in [0, 0.1) is 0 Å². The lowest BCUT2D eigenvalue weighted by molar-refractivity contribution is 0.900. The van der Waals surface area contributed by atoms with E-state index in [-0.39, 0.29) is 0 Å². The molecule has 0 N–H and O–H groups in total. The lowest BCUT2D eigenvalue weighted by atomic mass is 10.2. The van der Waals surface area contributed by atoms with Gasteiger partial charge in [-0.25, -0.2) is 9.97 Å². The second-order valence-corrected chi connectivity index (χ2v) is 4.92. The predicted octanol–water partition coefficient (Wildman–Crippen LogP) is 3.94. The van der Waals surface area contributed by atoms with Crippen LogP contribution in [0.4, 0.5) is 0 Å². The molecule has 0 aliphatic heterocycles. The van der Waals surface area contributed by atoms with Crippen molar-refractivity contribution in [3.8, 4) is 11.4 Å². The van der Waals surface area contributed by atoms with E-state index in [0.29, 0.717) is 16.0 Å². The number of benzene rings is 1. The minimum Gasteiger partial charge on any atom is -0.233 e. The molecular formula is C13H10Cl2N2. The van der Waals surface area contributed by atoms with Crippen LogP contribution < -0.4 is 0 Å². The van der Waals surface area contributed by atoms with Gasteiger partial charge in [0.1, 0.15) is 5.15 Å². The van der Waals surface area contributed by atoms with E-state index >= 15 is 0 Å². The van der Waals surface area contributed by atoms with Gasteiger partial charge in [-0.2, -0.15) is 0 Å². The Kier molecular flexibility index (Phi) is 2.77. The van der Waals surface area contributed by atoms with Gasteiger partial charge in [0.15, 0.2) is 5.82 Å². The largest absolute Gasteiger partial charge is 0.233 e. The normalized spacial score (nSPS) is 13.8. The average molecular weight is 265 g/mol. The predicted molar refractivity (Wildman–Crippen MR) is 69.5 cm³/mol. The first-order valence-corrected chi connectivity index (χ1v) is 6.31. The molecule has 17 heavy (non-hydrogen) atoms. The summed E-state index contributed by atoms with van der Waals surface area (Å²) >= 11 is 12.0. The van der Waals surface area contributed by atoms with Crippen LogP contribution in [0.2, 0.25) is 10.2 Å². The number of aromatic nitrogens is 2. The zero-order valence-electron chi connectivity index (χ0n) is 9.08. The molecule has 0 bridgehead atoms. The summed E-state index contributed by atoms with van der Waals surface area (Å²) in [5.74, 6) is 0.687. The van der Waals surface area contributed by atoms with Crippen molar-refractivity contribution in [3.05, 3.63) is 45.7 Å². The Morgan fingerprint density at radius 3 is 2.47 bits per heavy atom. The van der Waals surface area contributed by atoms with Crippen LogP contribution in [0.15, 0.2) is 24.3 Å². The highest BCUT2D eigenvalue weighted by Gasteiger charge is 2.18. The fourth-order valence-electron chi connectivity index (χ4n) is 2.11. The molecule has 0 spiro atoms.